The molecule has 1 saturated heterocycles. The van der Waals surface area contributed by atoms with Crippen LogP contribution in [-0.4, -0.2) is 53.8 Å². The normalized spacial score (nSPS) is 20.6. The van der Waals surface area contributed by atoms with Crippen molar-refractivity contribution in [3.63, 3.8) is 0 Å². The Morgan fingerprint density at radius 1 is 1.38 bits per heavy atom. The van der Waals surface area contributed by atoms with Crippen LogP contribution < -0.4 is 10.2 Å². The van der Waals surface area contributed by atoms with Crippen LogP contribution in [0.15, 0.2) is 6.20 Å². The molecule has 24 heavy (non-hydrogen) atoms. The predicted octanol–water partition coefficient (Wildman–Crippen LogP) is 2.80. The van der Waals surface area contributed by atoms with Crippen molar-refractivity contribution in [2.24, 2.45) is 0 Å². The highest BCUT2D eigenvalue weighted by molar-refractivity contribution is 5.71. The average Bonchev–Trinajstić information content (AvgIpc) is 2.93. The summed E-state index contributed by atoms with van der Waals surface area (Å²) < 4.78 is 5.53. The van der Waals surface area contributed by atoms with Crippen LogP contribution in [0, 0.1) is 6.92 Å². The minimum atomic E-state index is -0.456. The van der Waals surface area contributed by atoms with Gasteiger partial charge >= 0.3 is 6.09 Å². The van der Waals surface area contributed by atoms with Gasteiger partial charge in [0.2, 0.25) is 0 Å². The second-order valence-electron chi connectivity index (χ2n) is 7.76. The van der Waals surface area contributed by atoms with E-state index < -0.39 is 5.60 Å². The Hall–Kier alpha value is -1.98. The fourth-order valence-electron chi connectivity index (χ4n) is 3.54. The van der Waals surface area contributed by atoms with Crippen molar-refractivity contribution in [1.82, 2.24) is 9.88 Å². The summed E-state index contributed by atoms with van der Waals surface area (Å²) in [7, 11) is 0. The summed E-state index contributed by atoms with van der Waals surface area (Å²) in [5, 5.41) is 3.35. The zero-order valence-electron chi connectivity index (χ0n) is 15.3. The molecule has 2 aliphatic rings. The number of fused-ring (bicyclic) bond motifs is 1. The molecule has 1 aromatic rings. The van der Waals surface area contributed by atoms with Gasteiger partial charge < -0.3 is 19.9 Å². The summed E-state index contributed by atoms with van der Waals surface area (Å²) in [5.74, 6) is 1.01. The van der Waals surface area contributed by atoms with Gasteiger partial charge in [-0.2, -0.15) is 0 Å². The number of rotatable bonds is 1. The monoisotopic (exact) mass is 332 g/mol. The van der Waals surface area contributed by atoms with Gasteiger partial charge in [-0.15, -0.1) is 0 Å². The van der Waals surface area contributed by atoms with E-state index in [1.54, 1.807) is 0 Å². The van der Waals surface area contributed by atoms with Crippen molar-refractivity contribution < 1.29 is 9.53 Å². The van der Waals surface area contributed by atoms with Crippen LogP contribution in [0.1, 0.15) is 38.8 Å². The Balaban J connectivity index is 1.75. The van der Waals surface area contributed by atoms with E-state index in [0.717, 1.165) is 31.9 Å². The lowest BCUT2D eigenvalue weighted by atomic mass is 10.1. The Bertz CT molecular complexity index is 639. The summed E-state index contributed by atoms with van der Waals surface area (Å²) in [5.41, 5.74) is 3.35. The highest BCUT2D eigenvalue weighted by Gasteiger charge is 2.32. The van der Waals surface area contributed by atoms with Gasteiger partial charge in [0.15, 0.2) is 0 Å². The molecule has 1 aromatic heterocycles. The Morgan fingerprint density at radius 3 is 2.79 bits per heavy atom. The van der Waals surface area contributed by atoms with Crippen molar-refractivity contribution in [2.45, 2.75) is 52.7 Å². The van der Waals surface area contributed by atoms with E-state index in [-0.39, 0.29) is 12.1 Å². The van der Waals surface area contributed by atoms with Crippen LogP contribution in [0.5, 0.6) is 0 Å². The molecule has 0 spiro atoms. The predicted molar refractivity (Wildman–Crippen MR) is 95.8 cm³/mol. The lowest BCUT2D eigenvalue weighted by Gasteiger charge is -2.42. The van der Waals surface area contributed by atoms with Crippen LogP contribution >= 0.6 is 0 Å². The fourth-order valence-corrected chi connectivity index (χ4v) is 3.54. The van der Waals surface area contributed by atoms with Gasteiger partial charge in [-0.1, -0.05) is 0 Å². The molecule has 0 bridgehead atoms. The van der Waals surface area contributed by atoms with Crippen LogP contribution in [0.4, 0.5) is 16.3 Å². The first-order chi connectivity index (χ1) is 11.3. The SMILES string of the molecule is Cc1cnc2c(c1N1CCN(C(=O)OC(C)(C)C)[C@@H](C)C1)CCN2. The molecule has 3 heterocycles. The second kappa shape index (κ2) is 6.15. The lowest BCUT2D eigenvalue weighted by Crippen LogP contribution is -2.55. The van der Waals surface area contributed by atoms with Crippen LogP contribution in [0.2, 0.25) is 0 Å². The highest BCUT2D eigenvalue weighted by Crippen LogP contribution is 2.34. The number of amides is 1. The summed E-state index contributed by atoms with van der Waals surface area (Å²) in [6.45, 7) is 13.2. The molecule has 0 aliphatic carbocycles. The molecule has 1 fully saturated rings. The van der Waals surface area contributed by atoms with Crippen LogP contribution in [0.3, 0.4) is 0 Å². The minimum absolute atomic E-state index is 0.117. The second-order valence-corrected chi connectivity index (χ2v) is 7.76. The number of aryl methyl sites for hydroxylation is 1. The molecule has 1 amide bonds. The molecule has 6 heteroatoms. The number of aromatic nitrogens is 1. The van der Waals surface area contributed by atoms with Gasteiger partial charge in [-0.3, -0.25) is 0 Å². The van der Waals surface area contributed by atoms with Gasteiger partial charge in [0.05, 0.1) is 0 Å². The number of carbonyl (C=O) groups is 1. The zero-order chi connectivity index (χ0) is 17.5. The molecule has 0 unspecified atom stereocenters. The maximum Gasteiger partial charge on any atom is 0.410 e. The standard InChI is InChI=1S/C18H28N4O2/c1-12-10-20-16-14(6-7-19-16)15(12)21-8-9-22(13(2)11-21)17(23)24-18(3,4)5/h10,13H,6-9,11H2,1-5H3,(H,19,20)/t13-/m0/s1. The minimum Gasteiger partial charge on any atom is -0.444 e. The molecule has 0 radical (unpaired) electrons. The first-order valence-electron chi connectivity index (χ1n) is 8.73. The third-order valence-electron chi connectivity index (χ3n) is 4.57. The van der Waals surface area contributed by atoms with Crippen molar-refractivity contribution in [1.29, 1.82) is 0 Å². The number of hydrogen-bond acceptors (Lipinski definition) is 5. The number of hydrogen-bond donors (Lipinski definition) is 1. The number of piperazine rings is 1. The number of nitrogens with one attached hydrogen (secondary N) is 1. The summed E-state index contributed by atoms with van der Waals surface area (Å²) in [6, 6.07) is 0.117. The van der Waals surface area contributed by atoms with Gasteiger partial charge in [0.25, 0.3) is 0 Å². The summed E-state index contributed by atoms with van der Waals surface area (Å²) in [4.78, 5) is 21.1. The number of ether oxygens (including phenoxy) is 1. The maximum atomic E-state index is 12.4. The van der Waals surface area contributed by atoms with E-state index in [2.05, 4.69) is 29.0 Å². The van der Waals surface area contributed by atoms with Crippen molar-refractivity contribution >= 4 is 17.6 Å². The fraction of sp³-hybridized carbons (Fsp3) is 0.667. The van der Waals surface area contributed by atoms with Gasteiger partial charge in [-0.25, -0.2) is 9.78 Å². The molecule has 6 nitrogen and oxygen atoms in total. The van der Waals surface area contributed by atoms with E-state index in [1.165, 1.54) is 16.8 Å². The molecule has 1 N–H and O–H groups in total. The molecule has 0 saturated carbocycles. The van der Waals surface area contributed by atoms with Gasteiger partial charge in [-0.05, 0) is 46.6 Å². The van der Waals surface area contributed by atoms with Gasteiger partial charge in [0, 0.05) is 49.7 Å². The smallest absolute Gasteiger partial charge is 0.410 e. The quantitative estimate of drug-likeness (QED) is 0.857. The van der Waals surface area contributed by atoms with Crippen LogP contribution in [-0.2, 0) is 11.2 Å². The van der Waals surface area contributed by atoms with Crippen molar-refractivity contribution in [3.8, 4) is 0 Å². The van der Waals surface area contributed by atoms with E-state index in [4.69, 9.17) is 4.74 Å². The van der Waals surface area contributed by atoms with E-state index in [1.807, 2.05) is 31.9 Å². The van der Waals surface area contributed by atoms with E-state index in [9.17, 15) is 4.79 Å². The molecule has 3 rings (SSSR count). The number of carbonyl (C=O) groups excluding carboxylic acids is 1. The molecule has 0 aromatic carbocycles. The first kappa shape index (κ1) is 16.9. The molecule has 132 valence electrons. The van der Waals surface area contributed by atoms with E-state index >= 15 is 0 Å². The Labute approximate surface area is 144 Å². The first-order valence-corrected chi connectivity index (χ1v) is 8.73. The molecule has 2 aliphatic heterocycles. The van der Waals surface area contributed by atoms with E-state index in [0.29, 0.717) is 6.54 Å². The summed E-state index contributed by atoms with van der Waals surface area (Å²) >= 11 is 0. The Morgan fingerprint density at radius 2 is 2.12 bits per heavy atom. The third kappa shape index (κ3) is 3.28. The van der Waals surface area contributed by atoms with Crippen molar-refractivity contribution in [3.05, 3.63) is 17.3 Å². The highest BCUT2D eigenvalue weighted by atomic mass is 16.6. The number of nitrogens with zero attached hydrogens (tertiary/aromatic N) is 3. The Kier molecular flexibility index (Phi) is 4.32. The lowest BCUT2D eigenvalue weighted by molar-refractivity contribution is 0.0159. The zero-order valence-corrected chi connectivity index (χ0v) is 15.3. The summed E-state index contributed by atoms with van der Waals surface area (Å²) in [6.07, 6.45) is 2.74. The average molecular weight is 332 g/mol. The third-order valence-corrected chi connectivity index (χ3v) is 4.57. The molecular weight excluding hydrogens is 304 g/mol. The van der Waals surface area contributed by atoms with Crippen LogP contribution in [0.25, 0.3) is 0 Å². The number of anilines is 2. The largest absolute Gasteiger partial charge is 0.444 e. The topological polar surface area (TPSA) is 57.7 Å². The van der Waals surface area contributed by atoms with Crippen molar-refractivity contribution in [2.75, 3.05) is 36.4 Å². The molecule has 1 atom stereocenters. The molecular formula is C18H28N4O2. The maximum absolute atomic E-state index is 12.4. The number of pyridine rings is 1. The van der Waals surface area contributed by atoms with Gasteiger partial charge in [0.1, 0.15) is 11.4 Å².